The van der Waals surface area contributed by atoms with Crippen LogP contribution in [0.25, 0.3) is 10.8 Å². The third-order valence-electron chi connectivity index (χ3n) is 3.89. The van der Waals surface area contributed by atoms with Crippen molar-refractivity contribution in [2.45, 2.75) is 13.5 Å². The Bertz CT molecular complexity index is 576. The van der Waals surface area contributed by atoms with Crippen LogP contribution in [0.5, 0.6) is 5.75 Å². The van der Waals surface area contributed by atoms with Gasteiger partial charge in [-0.15, -0.1) is 0 Å². The molecule has 0 saturated carbocycles. The third-order valence-corrected chi connectivity index (χ3v) is 3.89. The summed E-state index contributed by atoms with van der Waals surface area (Å²) in [6.07, 6.45) is 0. The summed E-state index contributed by atoms with van der Waals surface area (Å²) in [6.45, 7) is 8.10. The molecule has 1 saturated heterocycles. The van der Waals surface area contributed by atoms with E-state index in [4.69, 9.17) is 4.74 Å². The van der Waals surface area contributed by atoms with E-state index in [2.05, 4.69) is 46.6 Å². The fourth-order valence-corrected chi connectivity index (χ4v) is 2.86. The van der Waals surface area contributed by atoms with Crippen LogP contribution >= 0.6 is 0 Å². The van der Waals surface area contributed by atoms with Crippen molar-refractivity contribution in [2.24, 2.45) is 0 Å². The first kappa shape index (κ1) is 13.4. The van der Waals surface area contributed by atoms with E-state index in [0.717, 1.165) is 38.5 Å². The Kier molecular flexibility index (Phi) is 4.19. The van der Waals surface area contributed by atoms with Crippen molar-refractivity contribution in [3.05, 3.63) is 42.0 Å². The predicted octanol–water partition coefficient (Wildman–Crippen LogP) is 2.64. The zero-order valence-corrected chi connectivity index (χ0v) is 12.1. The van der Waals surface area contributed by atoms with E-state index in [0.29, 0.717) is 6.61 Å². The molecule has 2 aromatic carbocycles. The van der Waals surface area contributed by atoms with Crippen LogP contribution < -0.4 is 10.1 Å². The van der Waals surface area contributed by atoms with Crippen molar-refractivity contribution in [2.75, 3.05) is 32.8 Å². The maximum absolute atomic E-state index is 5.84. The van der Waals surface area contributed by atoms with Crippen LogP contribution in [0.3, 0.4) is 0 Å². The first-order chi connectivity index (χ1) is 9.88. The van der Waals surface area contributed by atoms with Gasteiger partial charge in [-0.25, -0.2) is 0 Å². The molecule has 1 fully saturated rings. The minimum atomic E-state index is 0.715. The summed E-state index contributed by atoms with van der Waals surface area (Å²) >= 11 is 0. The molecule has 1 aliphatic rings. The molecule has 0 atom stereocenters. The molecule has 0 radical (unpaired) electrons. The van der Waals surface area contributed by atoms with Gasteiger partial charge in [0.25, 0.3) is 0 Å². The summed E-state index contributed by atoms with van der Waals surface area (Å²) in [6, 6.07) is 12.9. The first-order valence-electron chi connectivity index (χ1n) is 7.45. The van der Waals surface area contributed by atoms with Crippen molar-refractivity contribution in [3.63, 3.8) is 0 Å². The lowest BCUT2D eigenvalue weighted by Crippen LogP contribution is -2.42. The van der Waals surface area contributed by atoms with Gasteiger partial charge in [0, 0.05) is 38.3 Å². The van der Waals surface area contributed by atoms with E-state index in [-0.39, 0.29) is 0 Å². The molecule has 0 unspecified atom stereocenters. The van der Waals surface area contributed by atoms with Crippen LogP contribution in [-0.4, -0.2) is 37.7 Å². The van der Waals surface area contributed by atoms with E-state index in [9.17, 15) is 0 Å². The van der Waals surface area contributed by atoms with Gasteiger partial charge >= 0.3 is 0 Å². The predicted molar refractivity (Wildman–Crippen MR) is 83.3 cm³/mol. The molecular weight excluding hydrogens is 248 g/mol. The Labute approximate surface area is 120 Å². The Morgan fingerprint density at radius 1 is 1.10 bits per heavy atom. The highest BCUT2D eigenvalue weighted by Gasteiger charge is 2.15. The normalized spacial score (nSPS) is 16.4. The molecule has 3 heteroatoms. The van der Waals surface area contributed by atoms with Crippen LogP contribution in [0.4, 0.5) is 0 Å². The monoisotopic (exact) mass is 270 g/mol. The molecule has 1 N–H and O–H groups in total. The SMILES string of the molecule is CCOc1ccc2ccccc2c1CN1CCNCC1. The number of nitrogens with zero attached hydrogens (tertiary/aromatic N) is 1. The van der Waals surface area contributed by atoms with E-state index >= 15 is 0 Å². The topological polar surface area (TPSA) is 24.5 Å². The van der Waals surface area contributed by atoms with Gasteiger partial charge in [-0.05, 0) is 23.8 Å². The number of fused-ring (bicyclic) bond motifs is 1. The van der Waals surface area contributed by atoms with E-state index in [1.54, 1.807) is 0 Å². The van der Waals surface area contributed by atoms with Crippen LogP contribution in [0, 0.1) is 0 Å². The zero-order chi connectivity index (χ0) is 13.8. The van der Waals surface area contributed by atoms with Crippen LogP contribution in [0.1, 0.15) is 12.5 Å². The molecule has 0 amide bonds. The zero-order valence-electron chi connectivity index (χ0n) is 12.1. The second-order valence-electron chi connectivity index (χ2n) is 5.22. The number of benzene rings is 2. The van der Waals surface area contributed by atoms with Crippen molar-refractivity contribution in [3.8, 4) is 5.75 Å². The highest BCUT2D eigenvalue weighted by molar-refractivity contribution is 5.87. The van der Waals surface area contributed by atoms with Crippen LogP contribution in [0.2, 0.25) is 0 Å². The fraction of sp³-hybridized carbons (Fsp3) is 0.412. The van der Waals surface area contributed by atoms with Gasteiger partial charge in [-0.3, -0.25) is 4.90 Å². The van der Waals surface area contributed by atoms with E-state index in [1.165, 1.54) is 16.3 Å². The average molecular weight is 270 g/mol. The highest BCUT2D eigenvalue weighted by atomic mass is 16.5. The molecule has 1 heterocycles. The molecule has 0 spiro atoms. The summed E-state index contributed by atoms with van der Waals surface area (Å²) in [5, 5.41) is 6.01. The standard InChI is InChI=1S/C17H22N2O/c1-2-20-17-8-7-14-5-3-4-6-15(14)16(17)13-19-11-9-18-10-12-19/h3-8,18H,2,9-13H2,1H3. The Hall–Kier alpha value is -1.58. The minimum absolute atomic E-state index is 0.715. The molecule has 1 aliphatic heterocycles. The summed E-state index contributed by atoms with van der Waals surface area (Å²) < 4.78 is 5.84. The Morgan fingerprint density at radius 3 is 2.70 bits per heavy atom. The Balaban J connectivity index is 1.97. The van der Waals surface area contributed by atoms with Gasteiger partial charge in [0.2, 0.25) is 0 Å². The third kappa shape index (κ3) is 2.79. The molecule has 3 rings (SSSR count). The fourth-order valence-electron chi connectivity index (χ4n) is 2.86. The molecular formula is C17H22N2O. The molecule has 0 aliphatic carbocycles. The number of rotatable bonds is 4. The number of ether oxygens (including phenoxy) is 1. The molecule has 106 valence electrons. The van der Waals surface area contributed by atoms with E-state index in [1.807, 2.05) is 6.92 Å². The Morgan fingerprint density at radius 2 is 1.90 bits per heavy atom. The van der Waals surface area contributed by atoms with Crippen molar-refractivity contribution in [1.82, 2.24) is 10.2 Å². The lowest BCUT2D eigenvalue weighted by Gasteiger charge is -2.28. The van der Waals surface area contributed by atoms with Gasteiger partial charge in [-0.2, -0.15) is 0 Å². The summed E-state index contributed by atoms with van der Waals surface area (Å²) in [5.74, 6) is 1.03. The quantitative estimate of drug-likeness (QED) is 0.924. The lowest BCUT2D eigenvalue weighted by atomic mass is 10.0. The van der Waals surface area contributed by atoms with Crippen molar-refractivity contribution >= 4 is 10.8 Å². The molecule has 3 nitrogen and oxygen atoms in total. The van der Waals surface area contributed by atoms with Crippen molar-refractivity contribution in [1.29, 1.82) is 0 Å². The van der Waals surface area contributed by atoms with E-state index < -0.39 is 0 Å². The maximum atomic E-state index is 5.84. The summed E-state index contributed by atoms with van der Waals surface area (Å²) in [5.41, 5.74) is 1.33. The highest BCUT2D eigenvalue weighted by Crippen LogP contribution is 2.29. The maximum Gasteiger partial charge on any atom is 0.124 e. The molecule has 0 bridgehead atoms. The second-order valence-corrected chi connectivity index (χ2v) is 5.22. The van der Waals surface area contributed by atoms with Crippen molar-refractivity contribution < 1.29 is 4.74 Å². The largest absolute Gasteiger partial charge is 0.494 e. The van der Waals surface area contributed by atoms with Gasteiger partial charge in [0.05, 0.1) is 6.61 Å². The first-order valence-corrected chi connectivity index (χ1v) is 7.45. The number of hydrogen-bond acceptors (Lipinski definition) is 3. The molecule has 2 aromatic rings. The smallest absolute Gasteiger partial charge is 0.124 e. The molecule has 0 aromatic heterocycles. The minimum Gasteiger partial charge on any atom is -0.494 e. The molecule has 20 heavy (non-hydrogen) atoms. The number of hydrogen-bond donors (Lipinski definition) is 1. The lowest BCUT2D eigenvalue weighted by molar-refractivity contribution is 0.229. The number of piperazine rings is 1. The van der Waals surface area contributed by atoms with Gasteiger partial charge < -0.3 is 10.1 Å². The number of nitrogens with one attached hydrogen (secondary N) is 1. The van der Waals surface area contributed by atoms with Gasteiger partial charge in [0.15, 0.2) is 0 Å². The van der Waals surface area contributed by atoms with Gasteiger partial charge in [-0.1, -0.05) is 30.3 Å². The average Bonchev–Trinajstić information content (AvgIpc) is 2.51. The summed E-state index contributed by atoms with van der Waals surface area (Å²) in [7, 11) is 0. The summed E-state index contributed by atoms with van der Waals surface area (Å²) in [4.78, 5) is 2.50. The van der Waals surface area contributed by atoms with Crippen LogP contribution in [-0.2, 0) is 6.54 Å². The van der Waals surface area contributed by atoms with Gasteiger partial charge in [0.1, 0.15) is 5.75 Å². The van der Waals surface area contributed by atoms with Crippen LogP contribution in [0.15, 0.2) is 36.4 Å². The second kappa shape index (κ2) is 6.25.